The first-order chi connectivity index (χ1) is 29.7. The van der Waals surface area contributed by atoms with Crippen LogP contribution in [0.3, 0.4) is 0 Å². The number of para-hydroxylation sites is 3. The van der Waals surface area contributed by atoms with Crippen molar-refractivity contribution < 1.29 is 9.30 Å². The van der Waals surface area contributed by atoms with E-state index in [1.54, 1.807) is 0 Å². The van der Waals surface area contributed by atoms with Gasteiger partial charge in [-0.05, 0) is 116 Å². The van der Waals surface area contributed by atoms with Gasteiger partial charge in [0.1, 0.15) is 17.3 Å². The summed E-state index contributed by atoms with van der Waals surface area (Å²) in [6.45, 7) is 27.4. The van der Waals surface area contributed by atoms with Crippen LogP contribution in [0.4, 0.5) is 0 Å². The van der Waals surface area contributed by atoms with Crippen molar-refractivity contribution in [1.29, 1.82) is 0 Å². The number of hydrogen-bond acceptors (Lipinski definition) is 2. The topological polar surface area (TPSA) is 35.9 Å². The van der Waals surface area contributed by atoms with Crippen molar-refractivity contribution in [3.63, 3.8) is 0 Å². The first kappa shape index (κ1) is 41.9. The Labute approximate surface area is 373 Å². The quantitative estimate of drug-likeness (QED) is 0.124. The van der Waals surface area contributed by atoms with Crippen LogP contribution in [0.5, 0.6) is 11.5 Å². The zero-order valence-electron chi connectivity index (χ0n) is 39.1. The number of rotatable bonds is 6. The fraction of sp³-hybridized carbons (Fsp3) is 0.276. The summed E-state index contributed by atoms with van der Waals surface area (Å²) < 4.78 is 13.4. The molecule has 0 saturated heterocycles. The Hall–Kier alpha value is -6.46. The average Bonchev–Trinajstić information content (AvgIpc) is 3.78. The summed E-state index contributed by atoms with van der Waals surface area (Å²) in [5, 5.41) is 2.32. The van der Waals surface area contributed by atoms with Crippen molar-refractivity contribution in [3.05, 3.63) is 174 Å². The highest BCUT2D eigenvalue weighted by Gasteiger charge is 2.25. The maximum atomic E-state index is 6.76. The Balaban J connectivity index is 1.11. The molecule has 9 aromatic rings. The highest BCUT2D eigenvalue weighted by Crippen LogP contribution is 2.40. The maximum Gasteiger partial charge on any atom is 0.269 e. The molecule has 5 nitrogen and oxygen atoms in total. The predicted octanol–water partition coefficient (Wildman–Crippen LogP) is 14.8. The predicted molar refractivity (Wildman–Crippen MR) is 263 cm³/mol. The molecule has 6 aromatic carbocycles. The number of fused-ring (bicyclic) bond motifs is 4. The third kappa shape index (κ3) is 7.95. The molecule has 0 N–H and O–H groups in total. The standard InChI is InChI=1S/C58H60N4O/c1-55(2,3)39-24-26-46(49(34-39)58(10,11)12)38-28-29-59-54(30-38)62-50-21-14-13-20-47(50)48-27-25-45(36-53(48)62)63-44-19-17-18-42(35-44)60-37-61(52-23-16-15-22-51(52)60)43-32-40(56(4,5)6)31-41(33-43)57(7,8)9/h13-36H,1-12H3. The molecule has 0 aliphatic rings. The van der Waals surface area contributed by atoms with Crippen molar-refractivity contribution in [2.24, 2.45) is 0 Å². The number of imidazole rings is 1. The highest BCUT2D eigenvalue weighted by atomic mass is 16.5. The van der Waals surface area contributed by atoms with Gasteiger partial charge in [-0.15, -0.1) is 0 Å². The van der Waals surface area contributed by atoms with Crippen LogP contribution >= 0.6 is 0 Å². The lowest BCUT2D eigenvalue weighted by molar-refractivity contribution is -0.572. The lowest BCUT2D eigenvalue weighted by atomic mass is 9.77. The highest BCUT2D eigenvalue weighted by molar-refractivity contribution is 6.09. The zero-order chi connectivity index (χ0) is 44.6. The molecule has 0 aliphatic carbocycles. The van der Waals surface area contributed by atoms with Crippen molar-refractivity contribution in [3.8, 4) is 39.8 Å². The first-order valence-electron chi connectivity index (χ1n) is 22.3. The summed E-state index contributed by atoms with van der Waals surface area (Å²) in [6.07, 6.45) is 5.68. The smallest absolute Gasteiger partial charge is 0.269 e. The summed E-state index contributed by atoms with van der Waals surface area (Å²) >= 11 is 0. The summed E-state index contributed by atoms with van der Waals surface area (Å²) in [5.74, 6) is 2.35. The molecule has 0 radical (unpaired) electrons. The lowest BCUT2D eigenvalue weighted by Crippen LogP contribution is -2.31. The number of pyridine rings is 1. The van der Waals surface area contributed by atoms with Gasteiger partial charge in [0.25, 0.3) is 6.33 Å². The van der Waals surface area contributed by atoms with Crippen molar-refractivity contribution in [1.82, 2.24) is 14.1 Å². The average molecular weight is 829 g/mol. The van der Waals surface area contributed by atoms with Crippen LogP contribution in [0.2, 0.25) is 0 Å². The fourth-order valence-electron chi connectivity index (χ4n) is 8.72. The zero-order valence-corrected chi connectivity index (χ0v) is 39.1. The van der Waals surface area contributed by atoms with E-state index in [0.717, 1.165) is 61.7 Å². The minimum Gasteiger partial charge on any atom is -0.458 e. The van der Waals surface area contributed by atoms with Crippen LogP contribution < -0.4 is 9.30 Å². The lowest BCUT2D eigenvalue weighted by Gasteiger charge is -2.27. The van der Waals surface area contributed by atoms with Crippen LogP contribution in [0, 0.1) is 6.33 Å². The van der Waals surface area contributed by atoms with Gasteiger partial charge >= 0.3 is 0 Å². The van der Waals surface area contributed by atoms with Gasteiger partial charge in [-0.25, -0.2) is 4.98 Å². The Morgan fingerprint density at radius 3 is 1.86 bits per heavy atom. The maximum absolute atomic E-state index is 6.76. The molecule has 63 heavy (non-hydrogen) atoms. The number of nitrogens with zero attached hydrogens (tertiary/aromatic N) is 4. The molecule has 5 heteroatoms. The van der Waals surface area contributed by atoms with Gasteiger partial charge in [-0.1, -0.05) is 156 Å². The fourth-order valence-corrected chi connectivity index (χ4v) is 8.72. The van der Waals surface area contributed by atoms with E-state index >= 15 is 0 Å². The van der Waals surface area contributed by atoms with Gasteiger partial charge in [0.2, 0.25) is 0 Å². The molecule has 0 unspecified atom stereocenters. The van der Waals surface area contributed by atoms with Gasteiger partial charge in [0.15, 0.2) is 0 Å². The van der Waals surface area contributed by atoms with E-state index in [1.165, 1.54) is 33.2 Å². The molecule has 0 fully saturated rings. The van der Waals surface area contributed by atoms with E-state index in [9.17, 15) is 0 Å². The van der Waals surface area contributed by atoms with Crippen LogP contribution in [0.15, 0.2) is 146 Å². The van der Waals surface area contributed by atoms with E-state index in [-0.39, 0.29) is 21.7 Å². The van der Waals surface area contributed by atoms with Crippen LogP contribution in [-0.2, 0) is 21.7 Å². The van der Waals surface area contributed by atoms with Crippen molar-refractivity contribution in [2.75, 3.05) is 0 Å². The Bertz CT molecular complexity index is 3160. The summed E-state index contributed by atoms with van der Waals surface area (Å²) in [7, 11) is 0. The van der Waals surface area contributed by atoms with Gasteiger partial charge in [0, 0.05) is 23.0 Å². The van der Waals surface area contributed by atoms with E-state index in [0.29, 0.717) is 0 Å². The summed E-state index contributed by atoms with van der Waals surface area (Å²) in [4.78, 5) is 5.01. The normalized spacial score (nSPS) is 12.8. The van der Waals surface area contributed by atoms with Gasteiger partial charge in [0.05, 0.1) is 33.4 Å². The number of aromatic nitrogens is 4. The second kappa shape index (κ2) is 15.1. The Morgan fingerprint density at radius 2 is 1.16 bits per heavy atom. The number of hydrogen-bond donors (Lipinski definition) is 0. The summed E-state index contributed by atoms with van der Waals surface area (Å²) in [5.41, 5.74) is 14.0. The third-order valence-electron chi connectivity index (χ3n) is 12.4. The van der Waals surface area contributed by atoms with Crippen LogP contribution in [0.25, 0.3) is 61.2 Å². The molecule has 3 heterocycles. The molecular weight excluding hydrogens is 769 g/mol. The van der Waals surface area contributed by atoms with E-state index < -0.39 is 0 Å². The van der Waals surface area contributed by atoms with Gasteiger partial charge in [-0.3, -0.25) is 13.7 Å². The molecule has 0 saturated carbocycles. The molecule has 3 aromatic heterocycles. The molecule has 0 atom stereocenters. The molecule has 0 aliphatic heterocycles. The van der Waals surface area contributed by atoms with Crippen molar-refractivity contribution in [2.45, 2.75) is 105 Å². The van der Waals surface area contributed by atoms with E-state index in [1.807, 2.05) is 12.3 Å². The minimum absolute atomic E-state index is 0.00634. The second-order valence-electron chi connectivity index (χ2n) is 21.3. The molecule has 9 rings (SSSR count). The minimum atomic E-state index is -0.0434. The second-order valence-corrected chi connectivity index (χ2v) is 21.3. The largest absolute Gasteiger partial charge is 0.458 e. The molecular formula is C58H60N4O. The SMILES string of the molecule is CC(C)(C)c1cc(-[n+]2[c-]n(-c3cccc(Oc4ccc5c6ccccc6n(-c6cc(-c7ccc(C(C)(C)C)cc7C(C)(C)C)ccn6)c5c4)c3)c3ccccc32)cc(C(C)(C)C)c1. The van der Waals surface area contributed by atoms with Gasteiger partial charge in [-0.2, -0.15) is 0 Å². The summed E-state index contributed by atoms with van der Waals surface area (Å²) in [6, 6.07) is 50.2. The van der Waals surface area contributed by atoms with Gasteiger partial charge < -0.3 is 4.74 Å². The monoisotopic (exact) mass is 828 g/mol. The van der Waals surface area contributed by atoms with E-state index in [4.69, 9.17) is 9.72 Å². The Morgan fingerprint density at radius 1 is 0.508 bits per heavy atom. The molecule has 0 bridgehead atoms. The first-order valence-corrected chi connectivity index (χ1v) is 22.3. The van der Waals surface area contributed by atoms with Crippen LogP contribution in [0.1, 0.15) is 105 Å². The van der Waals surface area contributed by atoms with Crippen LogP contribution in [-0.4, -0.2) is 14.1 Å². The molecule has 0 amide bonds. The molecule has 318 valence electrons. The third-order valence-corrected chi connectivity index (χ3v) is 12.4. The van der Waals surface area contributed by atoms with E-state index in [2.05, 4.69) is 237 Å². The Kier molecular flexibility index (Phi) is 10.0. The van der Waals surface area contributed by atoms with Crippen molar-refractivity contribution >= 4 is 32.8 Å². The number of benzene rings is 6. The molecule has 0 spiro atoms. The number of ether oxygens (including phenoxy) is 1.